The lowest BCUT2D eigenvalue weighted by Gasteiger charge is -2.08. The number of para-hydroxylation sites is 2. The Morgan fingerprint density at radius 1 is 1.24 bits per heavy atom. The quantitative estimate of drug-likeness (QED) is 0.282. The van der Waals surface area contributed by atoms with Gasteiger partial charge < -0.3 is 14.8 Å². The second kappa shape index (κ2) is 8.12. The summed E-state index contributed by atoms with van der Waals surface area (Å²) in [5.41, 5.74) is 2.60. The highest BCUT2D eigenvalue weighted by Crippen LogP contribution is 2.26. The molecule has 0 bridgehead atoms. The standard InChI is InChI=1S/C21H17N5O2S/c1-28-15-8-6-14(7-9-15)26-11-10-23-21(26)29-13-19(27)16(12-22)20-24-17-4-2-3-5-18(17)25-20/h2-11,27H,13H2,1H3,(H,24,25)/b19-16-. The number of hydrogen-bond donors (Lipinski definition) is 2. The fourth-order valence-electron chi connectivity index (χ4n) is 2.87. The first-order valence-corrected chi connectivity index (χ1v) is 9.76. The molecule has 0 atom stereocenters. The Kier molecular flexibility index (Phi) is 5.22. The van der Waals surface area contributed by atoms with Gasteiger partial charge in [-0.3, -0.25) is 4.57 Å². The van der Waals surface area contributed by atoms with Gasteiger partial charge in [-0.25, -0.2) is 9.97 Å². The van der Waals surface area contributed by atoms with Crippen molar-refractivity contribution in [3.8, 4) is 17.5 Å². The first-order chi connectivity index (χ1) is 14.2. The lowest BCUT2D eigenvalue weighted by Crippen LogP contribution is -1.99. The first kappa shape index (κ1) is 18.7. The molecule has 144 valence electrons. The highest BCUT2D eigenvalue weighted by molar-refractivity contribution is 7.99. The highest BCUT2D eigenvalue weighted by Gasteiger charge is 2.15. The Labute approximate surface area is 171 Å². The number of aliphatic hydroxyl groups is 1. The molecule has 0 aliphatic heterocycles. The van der Waals surface area contributed by atoms with Gasteiger partial charge in [-0.15, -0.1) is 0 Å². The van der Waals surface area contributed by atoms with E-state index in [4.69, 9.17) is 4.74 Å². The van der Waals surface area contributed by atoms with Gasteiger partial charge in [0.05, 0.1) is 23.9 Å². The van der Waals surface area contributed by atoms with Crippen molar-refractivity contribution in [1.82, 2.24) is 19.5 Å². The number of nitrogens with one attached hydrogen (secondary N) is 1. The molecule has 0 fully saturated rings. The van der Waals surface area contributed by atoms with E-state index < -0.39 is 0 Å². The van der Waals surface area contributed by atoms with Gasteiger partial charge in [0, 0.05) is 18.1 Å². The third kappa shape index (κ3) is 3.81. The number of H-pyrrole nitrogens is 1. The largest absolute Gasteiger partial charge is 0.510 e. The van der Waals surface area contributed by atoms with E-state index in [1.165, 1.54) is 11.8 Å². The molecule has 2 aromatic heterocycles. The maximum Gasteiger partial charge on any atom is 0.173 e. The van der Waals surface area contributed by atoms with Crippen LogP contribution in [0.1, 0.15) is 5.82 Å². The molecule has 0 spiro atoms. The average molecular weight is 403 g/mol. The van der Waals surface area contributed by atoms with Crippen molar-refractivity contribution in [3.05, 3.63) is 72.5 Å². The third-order valence-corrected chi connectivity index (χ3v) is 5.30. The number of imidazole rings is 2. The number of nitriles is 1. The molecule has 0 saturated heterocycles. The second-order valence-electron chi connectivity index (χ2n) is 6.10. The van der Waals surface area contributed by atoms with Crippen LogP contribution in [0.2, 0.25) is 0 Å². The monoisotopic (exact) mass is 403 g/mol. The number of aromatic nitrogens is 4. The molecule has 29 heavy (non-hydrogen) atoms. The number of allylic oxidation sites excluding steroid dienone is 1. The predicted molar refractivity (Wildman–Crippen MR) is 112 cm³/mol. The van der Waals surface area contributed by atoms with Crippen molar-refractivity contribution >= 4 is 28.4 Å². The van der Waals surface area contributed by atoms with Gasteiger partial charge in [0.1, 0.15) is 23.2 Å². The number of ether oxygens (including phenoxy) is 1. The van der Waals surface area contributed by atoms with Gasteiger partial charge in [0.15, 0.2) is 11.0 Å². The van der Waals surface area contributed by atoms with Crippen LogP contribution in [0, 0.1) is 11.3 Å². The summed E-state index contributed by atoms with van der Waals surface area (Å²) >= 11 is 1.33. The van der Waals surface area contributed by atoms with Crippen molar-refractivity contribution in [2.45, 2.75) is 5.16 Å². The lowest BCUT2D eigenvalue weighted by atomic mass is 10.2. The maximum absolute atomic E-state index is 10.5. The van der Waals surface area contributed by atoms with Gasteiger partial charge >= 0.3 is 0 Å². The van der Waals surface area contributed by atoms with Crippen LogP contribution in [0.15, 0.2) is 71.8 Å². The van der Waals surface area contributed by atoms with Gasteiger partial charge in [-0.1, -0.05) is 23.9 Å². The summed E-state index contributed by atoms with van der Waals surface area (Å²) < 4.78 is 7.10. The van der Waals surface area contributed by atoms with Gasteiger partial charge in [-0.05, 0) is 36.4 Å². The number of aliphatic hydroxyl groups excluding tert-OH is 1. The number of nitrogens with zero attached hydrogens (tertiary/aromatic N) is 4. The Morgan fingerprint density at radius 2 is 2.03 bits per heavy atom. The molecule has 0 unspecified atom stereocenters. The van der Waals surface area contributed by atoms with Crippen molar-refractivity contribution < 1.29 is 9.84 Å². The second-order valence-corrected chi connectivity index (χ2v) is 7.05. The molecule has 0 radical (unpaired) electrons. The number of rotatable bonds is 6. The molecule has 2 aromatic carbocycles. The Bertz CT molecular complexity index is 1180. The van der Waals surface area contributed by atoms with E-state index in [1.54, 1.807) is 13.3 Å². The number of fused-ring (bicyclic) bond motifs is 1. The van der Waals surface area contributed by atoms with Crippen molar-refractivity contribution in [2.24, 2.45) is 0 Å². The van der Waals surface area contributed by atoms with Crippen molar-refractivity contribution in [3.63, 3.8) is 0 Å². The topological polar surface area (TPSA) is 99.8 Å². The average Bonchev–Trinajstić information content (AvgIpc) is 3.39. The fraction of sp³-hybridized carbons (Fsp3) is 0.0952. The zero-order valence-electron chi connectivity index (χ0n) is 15.5. The number of methoxy groups -OCH3 is 1. The zero-order valence-corrected chi connectivity index (χ0v) is 16.3. The van der Waals surface area contributed by atoms with E-state index >= 15 is 0 Å². The molecule has 0 aliphatic carbocycles. The smallest absolute Gasteiger partial charge is 0.173 e. The van der Waals surface area contributed by atoms with Crippen molar-refractivity contribution in [1.29, 1.82) is 5.26 Å². The number of thioether (sulfide) groups is 1. The molecule has 0 amide bonds. The SMILES string of the molecule is COc1ccc(-n2ccnc2SC/C(O)=C(\C#N)c2nc3ccccc3[nH]2)cc1. The zero-order chi connectivity index (χ0) is 20.2. The molecule has 2 N–H and O–H groups in total. The van der Waals surface area contributed by atoms with E-state index in [9.17, 15) is 10.4 Å². The minimum absolute atomic E-state index is 0.0548. The Morgan fingerprint density at radius 3 is 2.76 bits per heavy atom. The molecule has 0 aliphatic rings. The van der Waals surface area contributed by atoms with E-state index in [1.807, 2.05) is 65.4 Å². The molecular weight excluding hydrogens is 386 g/mol. The van der Waals surface area contributed by atoms with Gasteiger partial charge in [-0.2, -0.15) is 5.26 Å². The van der Waals surface area contributed by atoms with E-state index in [0.717, 1.165) is 22.5 Å². The molecule has 4 rings (SSSR count). The fourth-order valence-corrected chi connectivity index (χ4v) is 3.72. The molecule has 2 heterocycles. The van der Waals surface area contributed by atoms with Crippen LogP contribution in [0.3, 0.4) is 0 Å². The summed E-state index contributed by atoms with van der Waals surface area (Å²) in [5.74, 6) is 1.26. The van der Waals surface area contributed by atoms with Gasteiger partial charge in [0.2, 0.25) is 0 Å². The Balaban J connectivity index is 1.56. The summed E-state index contributed by atoms with van der Waals surface area (Å²) in [4.78, 5) is 11.8. The highest BCUT2D eigenvalue weighted by atomic mass is 32.2. The molecule has 0 saturated carbocycles. The number of hydrogen-bond acceptors (Lipinski definition) is 6. The minimum Gasteiger partial charge on any atom is -0.510 e. The summed E-state index contributed by atoms with van der Waals surface area (Å²) in [7, 11) is 1.62. The molecule has 7 nitrogen and oxygen atoms in total. The summed E-state index contributed by atoms with van der Waals surface area (Å²) in [6.45, 7) is 0. The normalized spacial score (nSPS) is 11.9. The predicted octanol–water partition coefficient (Wildman–Crippen LogP) is 4.34. The van der Waals surface area contributed by atoms with E-state index in [0.29, 0.717) is 11.0 Å². The third-order valence-electron chi connectivity index (χ3n) is 4.32. The molecular formula is C21H17N5O2S. The van der Waals surface area contributed by atoms with Crippen LogP contribution < -0.4 is 4.74 Å². The minimum atomic E-state index is -0.0548. The summed E-state index contributed by atoms with van der Waals surface area (Å²) in [5, 5.41) is 20.8. The summed E-state index contributed by atoms with van der Waals surface area (Å²) in [6, 6.07) is 17.1. The Hall–Kier alpha value is -3.70. The van der Waals surface area contributed by atoms with Crippen molar-refractivity contribution in [2.75, 3.05) is 12.9 Å². The lowest BCUT2D eigenvalue weighted by molar-refractivity contribution is 0.414. The molecule has 8 heteroatoms. The van der Waals surface area contributed by atoms with Crippen LogP contribution >= 0.6 is 11.8 Å². The van der Waals surface area contributed by atoms with Gasteiger partial charge in [0.25, 0.3) is 0 Å². The maximum atomic E-state index is 10.5. The van der Waals surface area contributed by atoms with Crippen LogP contribution in [-0.2, 0) is 0 Å². The van der Waals surface area contributed by atoms with Crippen LogP contribution in [0.4, 0.5) is 0 Å². The first-order valence-electron chi connectivity index (χ1n) is 8.77. The van der Waals surface area contributed by atoms with E-state index in [2.05, 4.69) is 15.0 Å². The van der Waals surface area contributed by atoms with E-state index in [-0.39, 0.29) is 17.1 Å². The number of benzene rings is 2. The number of aromatic amines is 1. The molecule has 4 aromatic rings. The van der Waals surface area contributed by atoms with Crippen LogP contribution in [-0.4, -0.2) is 37.5 Å². The summed E-state index contributed by atoms with van der Waals surface area (Å²) in [6.07, 6.45) is 3.53. The van der Waals surface area contributed by atoms with Crippen LogP contribution in [0.5, 0.6) is 5.75 Å². The van der Waals surface area contributed by atoms with Crippen LogP contribution in [0.25, 0.3) is 22.3 Å².